The molecule has 2 unspecified atom stereocenters. The maximum absolute atomic E-state index is 15.0. The lowest BCUT2D eigenvalue weighted by Gasteiger charge is -2.45. The lowest BCUT2D eigenvalue weighted by molar-refractivity contribution is -0.158. The van der Waals surface area contributed by atoms with E-state index < -0.39 is 34.6 Å². The zero-order chi connectivity index (χ0) is 33.9. The van der Waals surface area contributed by atoms with E-state index in [1.165, 1.54) is 0 Å². The number of amides is 3. The summed E-state index contributed by atoms with van der Waals surface area (Å²) in [5, 5.41) is 9.41. The van der Waals surface area contributed by atoms with Crippen LogP contribution in [-0.4, -0.2) is 86.6 Å². The van der Waals surface area contributed by atoms with E-state index in [-0.39, 0.29) is 29.7 Å². The maximum Gasteiger partial charge on any atom is 0.249 e. The number of carbonyl (C=O) groups is 3. The predicted molar refractivity (Wildman–Crippen MR) is 182 cm³/mol. The number of ether oxygens (including phenoxy) is 1. The van der Waals surface area contributed by atoms with Crippen LogP contribution in [0.5, 0.6) is 0 Å². The van der Waals surface area contributed by atoms with Gasteiger partial charge in [-0.1, -0.05) is 70.2 Å². The summed E-state index contributed by atoms with van der Waals surface area (Å²) in [6.45, 7) is 22.1. The van der Waals surface area contributed by atoms with Crippen LogP contribution < -0.4 is 0 Å². The molecule has 254 valence electrons. The number of aliphatic hydroxyl groups excluding tert-OH is 1. The van der Waals surface area contributed by atoms with Crippen molar-refractivity contribution in [1.29, 1.82) is 0 Å². The largest absolute Gasteiger partial charge is 0.396 e. The Labute approximate surface area is 276 Å². The Balaban J connectivity index is 1.79. The molecule has 1 spiro atoms. The number of unbranched alkanes of at least 4 members (excludes halogenated alkanes) is 2. The van der Waals surface area contributed by atoms with Gasteiger partial charge in [-0.3, -0.25) is 14.4 Å². The van der Waals surface area contributed by atoms with Crippen LogP contribution in [0.4, 0.5) is 0 Å². The molecule has 5 atom stereocenters. The number of benzene rings is 1. The van der Waals surface area contributed by atoms with Crippen molar-refractivity contribution >= 4 is 17.7 Å². The second-order valence-corrected chi connectivity index (χ2v) is 15.4. The molecule has 0 aromatic heterocycles. The van der Waals surface area contributed by atoms with Gasteiger partial charge in [-0.25, -0.2) is 0 Å². The van der Waals surface area contributed by atoms with Crippen molar-refractivity contribution in [3.05, 3.63) is 61.2 Å². The van der Waals surface area contributed by atoms with Crippen LogP contribution in [0.15, 0.2) is 55.6 Å². The van der Waals surface area contributed by atoms with E-state index in [0.717, 1.165) is 18.4 Å². The van der Waals surface area contributed by atoms with Crippen LogP contribution in [0, 0.1) is 17.3 Å². The number of aliphatic hydroxyl groups is 1. The molecule has 0 aliphatic carbocycles. The monoisotopic (exact) mass is 635 g/mol. The molecule has 46 heavy (non-hydrogen) atoms. The lowest BCUT2D eigenvalue weighted by atomic mass is 9.64. The number of hydrogen-bond donors (Lipinski definition) is 1. The van der Waals surface area contributed by atoms with Crippen molar-refractivity contribution in [2.75, 3.05) is 26.2 Å². The first-order valence-corrected chi connectivity index (χ1v) is 17.2. The quantitative estimate of drug-likeness (QED) is 0.185. The second kappa shape index (κ2) is 14.0. The van der Waals surface area contributed by atoms with E-state index >= 15 is 4.79 Å². The second-order valence-electron chi connectivity index (χ2n) is 15.4. The average Bonchev–Trinajstić information content (AvgIpc) is 3.60. The fourth-order valence-electron chi connectivity index (χ4n) is 8.88. The summed E-state index contributed by atoms with van der Waals surface area (Å²) in [7, 11) is 0. The molecule has 0 saturated carbocycles. The third kappa shape index (κ3) is 6.70. The van der Waals surface area contributed by atoms with Gasteiger partial charge >= 0.3 is 0 Å². The van der Waals surface area contributed by atoms with Gasteiger partial charge in [-0.2, -0.15) is 0 Å². The Morgan fingerprint density at radius 2 is 1.70 bits per heavy atom. The minimum atomic E-state index is -1.09. The van der Waals surface area contributed by atoms with Crippen LogP contribution in [-0.2, 0) is 25.7 Å². The van der Waals surface area contributed by atoms with Gasteiger partial charge in [-0.15, -0.1) is 13.2 Å². The van der Waals surface area contributed by atoms with Gasteiger partial charge in [0.15, 0.2) is 0 Å². The molecule has 3 amide bonds. The molecular formula is C38H57N3O5. The van der Waals surface area contributed by atoms with Crippen molar-refractivity contribution < 1.29 is 24.2 Å². The van der Waals surface area contributed by atoms with Gasteiger partial charge in [0, 0.05) is 38.3 Å². The van der Waals surface area contributed by atoms with Gasteiger partial charge in [-0.05, 0) is 69.8 Å². The van der Waals surface area contributed by atoms with Crippen molar-refractivity contribution in [2.45, 2.75) is 116 Å². The molecular weight excluding hydrogens is 578 g/mol. The smallest absolute Gasteiger partial charge is 0.249 e. The summed E-state index contributed by atoms with van der Waals surface area (Å²) in [5.41, 5.74) is -1.47. The van der Waals surface area contributed by atoms with Gasteiger partial charge in [0.2, 0.25) is 17.7 Å². The van der Waals surface area contributed by atoms with E-state index in [2.05, 4.69) is 47.8 Å². The molecule has 3 heterocycles. The summed E-state index contributed by atoms with van der Waals surface area (Å²) in [6, 6.07) is 9.01. The summed E-state index contributed by atoms with van der Waals surface area (Å²) >= 11 is 0. The summed E-state index contributed by atoms with van der Waals surface area (Å²) in [4.78, 5) is 49.9. The molecule has 8 nitrogen and oxygen atoms in total. The van der Waals surface area contributed by atoms with Crippen molar-refractivity contribution in [3.63, 3.8) is 0 Å². The highest BCUT2D eigenvalue weighted by Gasteiger charge is 2.79. The Bertz CT molecular complexity index is 1270. The summed E-state index contributed by atoms with van der Waals surface area (Å²) in [6.07, 6.45) is 7.99. The third-order valence-electron chi connectivity index (χ3n) is 10.4. The van der Waals surface area contributed by atoms with Gasteiger partial charge in [0.25, 0.3) is 0 Å². The number of carbonyl (C=O) groups excluding carboxylic acids is 3. The minimum absolute atomic E-state index is 0.0427. The molecule has 8 heteroatoms. The number of fused-ring (bicyclic) bond motifs is 1. The molecule has 4 rings (SSSR count). The first-order chi connectivity index (χ1) is 21.7. The first kappa shape index (κ1) is 35.9. The fraction of sp³-hybridized carbons (Fsp3) is 0.658. The molecule has 3 fully saturated rings. The standard InChI is InChI=1S/C38H57N3O5/c1-9-22-39(26-28-18-14-12-15-19-28)32(43)29-30-33(44)40(24-16-13-17-25-42)31(38(30)21-20-37(29,11-3)46-38)34(45)41(23-10-2)36(7,8)27-35(4,5)6/h9-10,12,14-15,18-19,29-31,42H,1-2,11,13,16-17,20-27H2,3-8H3/t29-,30+,31?,37+,38?/m1/s1. The number of nitrogens with zero attached hydrogens (tertiary/aromatic N) is 3. The van der Waals surface area contributed by atoms with Crippen LogP contribution in [0.25, 0.3) is 0 Å². The average molecular weight is 636 g/mol. The normalized spacial score (nSPS) is 27.1. The molecule has 1 N–H and O–H groups in total. The molecule has 0 radical (unpaired) electrons. The Morgan fingerprint density at radius 3 is 2.28 bits per heavy atom. The summed E-state index contributed by atoms with van der Waals surface area (Å²) in [5.74, 6) is -1.87. The van der Waals surface area contributed by atoms with Crippen LogP contribution in [0.2, 0.25) is 0 Å². The molecule has 2 bridgehead atoms. The first-order valence-electron chi connectivity index (χ1n) is 17.2. The van der Waals surface area contributed by atoms with Crippen LogP contribution in [0.1, 0.15) is 92.1 Å². The van der Waals surface area contributed by atoms with Gasteiger partial charge < -0.3 is 24.5 Å². The predicted octanol–water partition coefficient (Wildman–Crippen LogP) is 5.75. The lowest BCUT2D eigenvalue weighted by Crippen LogP contribution is -2.61. The van der Waals surface area contributed by atoms with Crippen LogP contribution >= 0.6 is 0 Å². The van der Waals surface area contributed by atoms with Gasteiger partial charge in [0.1, 0.15) is 11.6 Å². The Morgan fingerprint density at radius 1 is 1.02 bits per heavy atom. The molecule has 1 aromatic rings. The van der Waals surface area contributed by atoms with Crippen molar-refractivity contribution in [2.24, 2.45) is 17.3 Å². The van der Waals surface area contributed by atoms with E-state index in [1.54, 1.807) is 22.0 Å². The topological polar surface area (TPSA) is 90.4 Å². The fourth-order valence-corrected chi connectivity index (χ4v) is 8.88. The maximum atomic E-state index is 15.0. The van der Waals surface area contributed by atoms with E-state index in [4.69, 9.17) is 4.74 Å². The van der Waals surface area contributed by atoms with Crippen LogP contribution in [0.3, 0.4) is 0 Å². The zero-order valence-corrected chi connectivity index (χ0v) is 29.1. The van der Waals surface area contributed by atoms with E-state index in [9.17, 15) is 14.7 Å². The molecule has 3 aliphatic rings. The minimum Gasteiger partial charge on any atom is -0.396 e. The zero-order valence-electron chi connectivity index (χ0n) is 29.1. The molecule has 3 aliphatic heterocycles. The summed E-state index contributed by atoms with van der Waals surface area (Å²) < 4.78 is 7.09. The highest BCUT2D eigenvalue weighted by molar-refractivity contribution is 5.99. The molecule has 3 saturated heterocycles. The third-order valence-corrected chi connectivity index (χ3v) is 10.4. The van der Waals surface area contributed by atoms with E-state index in [1.807, 2.05) is 42.2 Å². The number of likely N-dealkylation sites (tertiary alicyclic amines) is 1. The highest BCUT2D eigenvalue weighted by Crippen LogP contribution is 2.65. The van der Waals surface area contributed by atoms with E-state index in [0.29, 0.717) is 58.3 Å². The SMILES string of the molecule is C=CCN(Cc1ccccc1)C(=O)[C@H]1[C@H]2C(=O)N(CCCCCO)C(C(=O)N(CC=C)C(C)(C)CC(C)(C)C)C23CC[C@]1(CC)O3. The number of hydrogen-bond acceptors (Lipinski definition) is 5. The highest BCUT2D eigenvalue weighted by atomic mass is 16.5. The van der Waals surface area contributed by atoms with Crippen molar-refractivity contribution in [3.8, 4) is 0 Å². The Hall–Kier alpha value is -2.97. The van der Waals surface area contributed by atoms with Crippen molar-refractivity contribution in [1.82, 2.24) is 14.7 Å². The Kier molecular flexibility index (Phi) is 10.9. The van der Waals surface area contributed by atoms with Gasteiger partial charge in [0.05, 0.1) is 17.4 Å². The molecule has 1 aromatic carbocycles. The number of rotatable bonds is 16.